The predicted molar refractivity (Wildman–Crippen MR) is 73.4 cm³/mol. The maximum absolute atomic E-state index is 6.05. The molecule has 94 valence electrons. The lowest BCUT2D eigenvalue weighted by Gasteiger charge is -2.35. The number of nitrogens with zero attached hydrogens (tertiary/aromatic N) is 2. The molecule has 0 bridgehead atoms. The van der Waals surface area contributed by atoms with Crippen LogP contribution in [0.2, 0.25) is 0 Å². The van der Waals surface area contributed by atoms with Gasteiger partial charge in [-0.25, -0.2) is 4.98 Å². The third kappa shape index (κ3) is 1.89. The van der Waals surface area contributed by atoms with E-state index in [1.807, 2.05) is 30.5 Å². The van der Waals surface area contributed by atoms with E-state index in [9.17, 15) is 0 Å². The van der Waals surface area contributed by atoms with Gasteiger partial charge in [-0.3, -0.25) is 4.98 Å². The SMILES string of the molecule is NCC1(c2cnc3ccccc3n2)CCCCC1. The monoisotopic (exact) mass is 241 g/mol. The first-order chi connectivity index (χ1) is 8.84. The fourth-order valence-electron chi connectivity index (χ4n) is 3.01. The highest BCUT2D eigenvalue weighted by Crippen LogP contribution is 2.37. The standard InChI is InChI=1S/C15H19N3/c16-11-15(8-4-1-5-9-15)14-10-17-12-6-2-3-7-13(12)18-14/h2-3,6-7,10H,1,4-5,8-9,11,16H2. The number of para-hydroxylation sites is 2. The Morgan fingerprint density at radius 3 is 2.50 bits per heavy atom. The minimum atomic E-state index is 0.0648. The van der Waals surface area contributed by atoms with Crippen molar-refractivity contribution in [3.63, 3.8) is 0 Å². The predicted octanol–water partition coefficient (Wildman–Crippen LogP) is 2.79. The van der Waals surface area contributed by atoms with Crippen molar-refractivity contribution in [2.45, 2.75) is 37.5 Å². The van der Waals surface area contributed by atoms with E-state index in [1.54, 1.807) is 0 Å². The van der Waals surface area contributed by atoms with Gasteiger partial charge in [0.25, 0.3) is 0 Å². The van der Waals surface area contributed by atoms with E-state index in [1.165, 1.54) is 19.3 Å². The molecular weight excluding hydrogens is 222 g/mol. The van der Waals surface area contributed by atoms with Crippen LogP contribution in [-0.2, 0) is 5.41 Å². The number of benzene rings is 1. The number of hydrogen-bond acceptors (Lipinski definition) is 3. The zero-order valence-corrected chi connectivity index (χ0v) is 10.6. The minimum absolute atomic E-state index is 0.0648. The van der Waals surface area contributed by atoms with Gasteiger partial charge in [0, 0.05) is 18.2 Å². The average Bonchev–Trinajstić information content (AvgIpc) is 2.47. The number of aromatic nitrogens is 2. The largest absolute Gasteiger partial charge is 0.330 e. The number of fused-ring (bicyclic) bond motifs is 1. The molecule has 0 amide bonds. The smallest absolute Gasteiger partial charge is 0.0890 e. The Balaban J connectivity index is 2.06. The lowest BCUT2D eigenvalue weighted by molar-refractivity contribution is 0.293. The van der Waals surface area contributed by atoms with Gasteiger partial charge in [-0.1, -0.05) is 31.4 Å². The maximum atomic E-state index is 6.05. The van der Waals surface area contributed by atoms with Gasteiger partial charge in [0.1, 0.15) is 0 Å². The van der Waals surface area contributed by atoms with Gasteiger partial charge in [-0.05, 0) is 25.0 Å². The maximum Gasteiger partial charge on any atom is 0.0890 e. The summed E-state index contributed by atoms with van der Waals surface area (Å²) in [6.07, 6.45) is 8.06. The number of rotatable bonds is 2. The first-order valence-corrected chi connectivity index (χ1v) is 6.76. The third-order valence-corrected chi connectivity index (χ3v) is 4.19. The van der Waals surface area contributed by atoms with Crippen molar-refractivity contribution >= 4 is 11.0 Å². The van der Waals surface area contributed by atoms with Gasteiger partial charge < -0.3 is 5.73 Å². The minimum Gasteiger partial charge on any atom is -0.330 e. The molecular formula is C15H19N3. The van der Waals surface area contributed by atoms with Crippen LogP contribution >= 0.6 is 0 Å². The van der Waals surface area contributed by atoms with Crippen molar-refractivity contribution in [1.29, 1.82) is 0 Å². The van der Waals surface area contributed by atoms with E-state index >= 15 is 0 Å². The summed E-state index contributed by atoms with van der Waals surface area (Å²) in [6.45, 7) is 0.681. The van der Waals surface area contributed by atoms with E-state index in [-0.39, 0.29) is 5.41 Å². The molecule has 1 aromatic heterocycles. The topological polar surface area (TPSA) is 51.8 Å². The number of hydrogen-bond donors (Lipinski definition) is 1. The normalized spacial score (nSPS) is 18.9. The summed E-state index contributed by atoms with van der Waals surface area (Å²) in [4.78, 5) is 9.33. The van der Waals surface area contributed by atoms with Gasteiger partial charge in [0.15, 0.2) is 0 Å². The molecule has 1 aromatic carbocycles. The van der Waals surface area contributed by atoms with Crippen LogP contribution in [0.5, 0.6) is 0 Å². The summed E-state index contributed by atoms with van der Waals surface area (Å²) in [5.41, 5.74) is 9.14. The molecule has 0 atom stereocenters. The molecule has 3 rings (SSSR count). The summed E-state index contributed by atoms with van der Waals surface area (Å²) in [5, 5.41) is 0. The van der Waals surface area contributed by atoms with Crippen LogP contribution in [0.1, 0.15) is 37.8 Å². The van der Waals surface area contributed by atoms with Crippen LogP contribution < -0.4 is 5.73 Å². The second-order valence-corrected chi connectivity index (χ2v) is 5.29. The first kappa shape index (κ1) is 11.6. The Morgan fingerprint density at radius 1 is 1.06 bits per heavy atom. The molecule has 2 N–H and O–H groups in total. The third-order valence-electron chi connectivity index (χ3n) is 4.19. The molecule has 3 heteroatoms. The van der Waals surface area contributed by atoms with Crippen LogP contribution in [0.15, 0.2) is 30.5 Å². The lowest BCUT2D eigenvalue weighted by Crippen LogP contribution is -2.38. The lowest BCUT2D eigenvalue weighted by atomic mass is 9.72. The first-order valence-electron chi connectivity index (χ1n) is 6.76. The highest BCUT2D eigenvalue weighted by atomic mass is 14.8. The van der Waals surface area contributed by atoms with Crippen LogP contribution in [0.3, 0.4) is 0 Å². The summed E-state index contributed by atoms with van der Waals surface area (Å²) < 4.78 is 0. The Bertz CT molecular complexity index is 544. The van der Waals surface area contributed by atoms with E-state index in [0.717, 1.165) is 29.6 Å². The van der Waals surface area contributed by atoms with E-state index < -0.39 is 0 Å². The van der Waals surface area contributed by atoms with Crippen molar-refractivity contribution in [3.8, 4) is 0 Å². The van der Waals surface area contributed by atoms with Gasteiger partial charge >= 0.3 is 0 Å². The molecule has 0 aliphatic heterocycles. The average molecular weight is 241 g/mol. The van der Waals surface area contributed by atoms with Crippen molar-refractivity contribution in [2.24, 2.45) is 5.73 Å². The van der Waals surface area contributed by atoms with Crippen molar-refractivity contribution in [1.82, 2.24) is 9.97 Å². The van der Waals surface area contributed by atoms with E-state index in [0.29, 0.717) is 6.54 Å². The van der Waals surface area contributed by atoms with Gasteiger partial charge in [0.05, 0.1) is 16.7 Å². The molecule has 1 heterocycles. The summed E-state index contributed by atoms with van der Waals surface area (Å²) >= 11 is 0. The highest BCUT2D eigenvalue weighted by molar-refractivity contribution is 5.73. The Labute approximate surface area is 107 Å². The quantitative estimate of drug-likeness (QED) is 0.879. The molecule has 1 aliphatic carbocycles. The molecule has 0 spiro atoms. The van der Waals surface area contributed by atoms with Crippen LogP contribution in [0, 0.1) is 0 Å². The number of nitrogens with two attached hydrogens (primary N) is 1. The van der Waals surface area contributed by atoms with Crippen molar-refractivity contribution < 1.29 is 0 Å². The molecule has 1 fully saturated rings. The zero-order valence-electron chi connectivity index (χ0n) is 10.6. The fraction of sp³-hybridized carbons (Fsp3) is 0.467. The Hall–Kier alpha value is -1.48. The molecule has 3 nitrogen and oxygen atoms in total. The molecule has 2 aromatic rings. The molecule has 0 saturated heterocycles. The molecule has 18 heavy (non-hydrogen) atoms. The van der Waals surface area contributed by atoms with Gasteiger partial charge in [-0.15, -0.1) is 0 Å². The van der Waals surface area contributed by atoms with Crippen molar-refractivity contribution in [3.05, 3.63) is 36.2 Å². The summed E-state index contributed by atoms with van der Waals surface area (Å²) in [5.74, 6) is 0. The molecule has 1 saturated carbocycles. The Morgan fingerprint density at radius 2 is 1.78 bits per heavy atom. The van der Waals surface area contributed by atoms with Gasteiger partial charge in [0.2, 0.25) is 0 Å². The fourth-order valence-corrected chi connectivity index (χ4v) is 3.01. The van der Waals surface area contributed by atoms with Crippen molar-refractivity contribution in [2.75, 3.05) is 6.54 Å². The highest BCUT2D eigenvalue weighted by Gasteiger charge is 2.34. The summed E-state index contributed by atoms with van der Waals surface area (Å²) in [6, 6.07) is 8.04. The molecule has 0 unspecified atom stereocenters. The summed E-state index contributed by atoms with van der Waals surface area (Å²) in [7, 11) is 0. The Kier molecular flexibility index (Phi) is 3.00. The van der Waals surface area contributed by atoms with Crippen LogP contribution in [-0.4, -0.2) is 16.5 Å². The van der Waals surface area contributed by atoms with Crippen LogP contribution in [0.4, 0.5) is 0 Å². The van der Waals surface area contributed by atoms with E-state index in [4.69, 9.17) is 10.7 Å². The van der Waals surface area contributed by atoms with Crippen LogP contribution in [0.25, 0.3) is 11.0 Å². The second-order valence-electron chi connectivity index (χ2n) is 5.29. The van der Waals surface area contributed by atoms with Gasteiger partial charge in [-0.2, -0.15) is 0 Å². The zero-order chi connectivity index (χ0) is 12.4. The van der Waals surface area contributed by atoms with E-state index in [2.05, 4.69) is 4.98 Å². The molecule has 1 aliphatic rings. The molecule has 0 radical (unpaired) electrons. The second kappa shape index (κ2) is 4.65.